The predicted octanol–water partition coefficient (Wildman–Crippen LogP) is 3.43. The molecule has 0 radical (unpaired) electrons. The second-order valence-electron chi connectivity index (χ2n) is 7.35. The molecule has 0 spiro atoms. The van der Waals surface area contributed by atoms with E-state index >= 15 is 0 Å². The van der Waals surface area contributed by atoms with Gasteiger partial charge in [-0.05, 0) is 35.9 Å². The molecule has 2 aliphatic rings. The molecule has 162 valence electrons. The highest BCUT2D eigenvalue weighted by molar-refractivity contribution is 14.0. The Morgan fingerprint density at radius 3 is 2.27 bits per heavy atom. The summed E-state index contributed by atoms with van der Waals surface area (Å²) in [5, 5.41) is 0.765. The molecule has 0 aromatic heterocycles. The van der Waals surface area contributed by atoms with Crippen LogP contribution < -0.4 is 15.5 Å². The number of piperazine rings is 1. The van der Waals surface area contributed by atoms with Crippen molar-refractivity contribution in [3.05, 3.63) is 59.1 Å². The Hall–Kier alpha value is -1.71. The van der Waals surface area contributed by atoms with Gasteiger partial charge < -0.3 is 25.2 Å². The number of rotatable bonds is 4. The fourth-order valence-corrected chi connectivity index (χ4v) is 4.00. The number of hydrogen-bond donors (Lipinski definition) is 1. The molecule has 2 aliphatic heterocycles. The Bertz CT molecular complexity index is 834. The molecule has 0 unspecified atom stereocenters. The molecule has 4 rings (SSSR count). The third-order valence-electron chi connectivity index (χ3n) is 5.55. The molecule has 0 amide bonds. The number of morpholine rings is 1. The summed E-state index contributed by atoms with van der Waals surface area (Å²) in [4.78, 5) is 11.6. The number of nitrogens with two attached hydrogens (primary N) is 1. The third kappa shape index (κ3) is 5.70. The van der Waals surface area contributed by atoms with Gasteiger partial charge in [0.15, 0.2) is 5.96 Å². The predicted molar refractivity (Wildman–Crippen MR) is 135 cm³/mol. The van der Waals surface area contributed by atoms with Crippen LogP contribution in [0.3, 0.4) is 0 Å². The van der Waals surface area contributed by atoms with Gasteiger partial charge in [0.25, 0.3) is 0 Å². The highest BCUT2D eigenvalue weighted by Crippen LogP contribution is 2.23. The van der Waals surface area contributed by atoms with Crippen molar-refractivity contribution < 1.29 is 4.74 Å². The molecule has 0 saturated carbocycles. The molecule has 0 atom stereocenters. The van der Waals surface area contributed by atoms with Crippen LogP contribution in [0.15, 0.2) is 53.5 Å². The number of benzene rings is 2. The van der Waals surface area contributed by atoms with Gasteiger partial charge >= 0.3 is 0 Å². The molecule has 0 bridgehead atoms. The molecule has 2 fully saturated rings. The van der Waals surface area contributed by atoms with Crippen LogP contribution in [0.5, 0.6) is 0 Å². The quantitative estimate of drug-likeness (QED) is 0.365. The number of anilines is 2. The summed E-state index contributed by atoms with van der Waals surface area (Å²) in [5.74, 6) is 0.623. The Kier molecular flexibility index (Phi) is 8.47. The van der Waals surface area contributed by atoms with E-state index in [0.717, 1.165) is 57.5 Å². The van der Waals surface area contributed by atoms with E-state index in [0.29, 0.717) is 12.5 Å². The fourth-order valence-electron chi connectivity index (χ4n) is 3.87. The fraction of sp³-hybridized carbons (Fsp3) is 0.409. The maximum Gasteiger partial charge on any atom is 0.191 e. The molecule has 2 aromatic rings. The maximum absolute atomic E-state index is 6.34. The minimum Gasteiger partial charge on any atom is -0.378 e. The topological polar surface area (TPSA) is 57.3 Å². The molecule has 2 heterocycles. The van der Waals surface area contributed by atoms with Gasteiger partial charge in [0.1, 0.15) is 0 Å². The molecular formula is C22H29ClIN5O. The third-order valence-corrected chi connectivity index (χ3v) is 5.80. The van der Waals surface area contributed by atoms with Crippen LogP contribution in [0.1, 0.15) is 5.56 Å². The highest BCUT2D eigenvalue weighted by atomic mass is 127. The zero-order valence-corrected chi connectivity index (χ0v) is 20.1. The number of hydrogen-bond acceptors (Lipinski definition) is 4. The van der Waals surface area contributed by atoms with Gasteiger partial charge in [-0.2, -0.15) is 0 Å². The van der Waals surface area contributed by atoms with E-state index in [4.69, 9.17) is 27.1 Å². The normalized spacial score (nSPS) is 17.6. The average Bonchev–Trinajstić information content (AvgIpc) is 2.79. The molecule has 2 N–H and O–H groups in total. The molecule has 6 nitrogen and oxygen atoms in total. The van der Waals surface area contributed by atoms with Crippen LogP contribution in [0.25, 0.3) is 0 Å². The first-order valence-corrected chi connectivity index (χ1v) is 10.5. The first kappa shape index (κ1) is 23.0. The Labute approximate surface area is 200 Å². The molecule has 2 aromatic carbocycles. The van der Waals surface area contributed by atoms with Gasteiger partial charge in [-0.1, -0.05) is 29.8 Å². The summed E-state index contributed by atoms with van der Waals surface area (Å²) >= 11 is 5.99. The van der Waals surface area contributed by atoms with E-state index in [1.807, 2.05) is 12.1 Å². The number of para-hydroxylation sites is 1. The Morgan fingerprint density at radius 1 is 0.900 bits per heavy atom. The van der Waals surface area contributed by atoms with Crippen molar-refractivity contribution >= 4 is 52.9 Å². The lowest BCUT2D eigenvalue weighted by molar-refractivity contribution is 0.122. The van der Waals surface area contributed by atoms with Gasteiger partial charge in [0, 0.05) is 55.7 Å². The SMILES string of the molecule is I.NC(=NCc1ccccc1N1CCOCC1)N1CCN(c2ccc(Cl)cc2)CC1. The van der Waals surface area contributed by atoms with E-state index in [-0.39, 0.29) is 24.0 Å². The van der Waals surface area contributed by atoms with Gasteiger partial charge in [-0.3, -0.25) is 0 Å². The minimum absolute atomic E-state index is 0. The van der Waals surface area contributed by atoms with Crippen LogP contribution in [0.4, 0.5) is 11.4 Å². The molecule has 0 aliphatic carbocycles. The number of nitrogens with zero attached hydrogens (tertiary/aromatic N) is 4. The second kappa shape index (κ2) is 11.1. The van der Waals surface area contributed by atoms with Gasteiger partial charge in [0.05, 0.1) is 19.8 Å². The minimum atomic E-state index is 0. The lowest BCUT2D eigenvalue weighted by atomic mass is 10.1. The molecular weight excluding hydrogens is 513 g/mol. The van der Waals surface area contributed by atoms with Crippen molar-refractivity contribution in [3.63, 3.8) is 0 Å². The zero-order valence-electron chi connectivity index (χ0n) is 17.0. The van der Waals surface area contributed by atoms with Crippen molar-refractivity contribution in [2.75, 3.05) is 62.3 Å². The van der Waals surface area contributed by atoms with E-state index in [9.17, 15) is 0 Å². The standard InChI is InChI=1S/C22H28ClN5O.HI/c23-19-5-7-20(8-6-19)26-9-11-28(12-10-26)22(24)25-17-18-3-1-2-4-21(18)27-13-15-29-16-14-27;/h1-8H,9-17H2,(H2,24,25);1H. The number of guanidine groups is 1. The lowest BCUT2D eigenvalue weighted by Gasteiger charge is -2.36. The average molecular weight is 542 g/mol. The summed E-state index contributed by atoms with van der Waals surface area (Å²) in [6.07, 6.45) is 0. The van der Waals surface area contributed by atoms with Crippen molar-refractivity contribution in [1.82, 2.24) is 4.90 Å². The summed E-state index contributed by atoms with van der Waals surface area (Å²) in [7, 11) is 0. The number of aliphatic imine (C=N–C) groups is 1. The Balaban J connectivity index is 0.00000256. The van der Waals surface area contributed by atoms with Crippen molar-refractivity contribution in [2.45, 2.75) is 6.54 Å². The first-order valence-electron chi connectivity index (χ1n) is 10.2. The highest BCUT2D eigenvalue weighted by Gasteiger charge is 2.19. The molecule has 8 heteroatoms. The van der Waals surface area contributed by atoms with E-state index in [2.05, 4.69) is 51.1 Å². The van der Waals surface area contributed by atoms with Gasteiger partial charge in [-0.25, -0.2) is 4.99 Å². The van der Waals surface area contributed by atoms with Crippen LogP contribution in [0, 0.1) is 0 Å². The van der Waals surface area contributed by atoms with Crippen LogP contribution >= 0.6 is 35.6 Å². The van der Waals surface area contributed by atoms with Crippen molar-refractivity contribution in [3.8, 4) is 0 Å². The lowest BCUT2D eigenvalue weighted by Crippen LogP contribution is -2.51. The monoisotopic (exact) mass is 541 g/mol. The zero-order chi connectivity index (χ0) is 20.1. The van der Waals surface area contributed by atoms with Gasteiger partial charge in [0.2, 0.25) is 0 Å². The maximum atomic E-state index is 6.34. The van der Waals surface area contributed by atoms with E-state index in [1.165, 1.54) is 16.9 Å². The largest absolute Gasteiger partial charge is 0.378 e. The van der Waals surface area contributed by atoms with E-state index < -0.39 is 0 Å². The van der Waals surface area contributed by atoms with Crippen LogP contribution in [-0.2, 0) is 11.3 Å². The first-order chi connectivity index (χ1) is 14.2. The Morgan fingerprint density at radius 2 is 1.57 bits per heavy atom. The summed E-state index contributed by atoms with van der Waals surface area (Å²) in [6.45, 7) is 7.55. The number of ether oxygens (including phenoxy) is 1. The van der Waals surface area contributed by atoms with Crippen LogP contribution in [-0.4, -0.2) is 63.3 Å². The second-order valence-corrected chi connectivity index (χ2v) is 7.79. The van der Waals surface area contributed by atoms with Crippen molar-refractivity contribution in [1.29, 1.82) is 0 Å². The van der Waals surface area contributed by atoms with Crippen LogP contribution in [0.2, 0.25) is 5.02 Å². The van der Waals surface area contributed by atoms with Gasteiger partial charge in [-0.15, -0.1) is 24.0 Å². The van der Waals surface area contributed by atoms with Crippen molar-refractivity contribution in [2.24, 2.45) is 10.7 Å². The smallest absolute Gasteiger partial charge is 0.191 e. The summed E-state index contributed by atoms with van der Waals surface area (Å²) in [6, 6.07) is 16.5. The summed E-state index contributed by atoms with van der Waals surface area (Å²) in [5.41, 5.74) is 9.98. The summed E-state index contributed by atoms with van der Waals surface area (Å²) < 4.78 is 5.48. The number of halogens is 2. The van der Waals surface area contributed by atoms with E-state index in [1.54, 1.807) is 0 Å². The molecule has 2 saturated heterocycles. The molecule has 30 heavy (non-hydrogen) atoms.